The fraction of sp³-hybridized carbons (Fsp3) is 0.478. The first-order chi connectivity index (χ1) is 16.9. The first-order valence-corrected chi connectivity index (χ1v) is 13.4. The van der Waals surface area contributed by atoms with Gasteiger partial charge in [-0.25, -0.2) is 15.0 Å². The Morgan fingerprint density at radius 2 is 1.97 bits per heavy atom. The van der Waals surface area contributed by atoms with Crippen LogP contribution in [0.5, 0.6) is 11.5 Å². The van der Waals surface area contributed by atoms with Crippen LogP contribution in [0.3, 0.4) is 0 Å². The van der Waals surface area contributed by atoms with Crippen LogP contribution >= 0.6 is 27.7 Å². The molecule has 2 aliphatic rings. The van der Waals surface area contributed by atoms with Gasteiger partial charge in [0.15, 0.2) is 33.6 Å². The van der Waals surface area contributed by atoms with Gasteiger partial charge in [0.25, 0.3) is 0 Å². The number of piperidine rings is 1. The predicted molar refractivity (Wildman–Crippen MR) is 136 cm³/mol. The van der Waals surface area contributed by atoms with E-state index >= 15 is 0 Å². The lowest BCUT2D eigenvalue weighted by atomic mass is 9.93. The fourth-order valence-corrected chi connectivity index (χ4v) is 6.31. The number of likely N-dealkylation sites (tertiary alicyclic amines) is 1. The van der Waals surface area contributed by atoms with E-state index in [0.717, 1.165) is 51.7 Å². The van der Waals surface area contributed by atoms with E-state index in [1.807, 2.05) is 9.47 Å². The van der Waals surface area contributed by atoms with Gasteiger partial charge in [0, 0.05) is 29.0 Å². The van der Waals surface area contributed by atoms with Gasteiger partial charge in [-0.3, -0.25) is 4.79 Å². The largest absolute Gasteiger partial charge is 0.504 e. The molecule has 0 radical (unpaired) electrons. The molecule has 1 aromatic carbocycles. The molecular formula is C23H28BrN7O3S. The molecule has 0 bridgehead atoms. The summed E-state index contributed by atoms with van der Waals surface area (Å²) in [7, 11) is 0. The van der Waals surface area contributed by atoms with Gasteiger partial charge in [-0.15, -0.1) is 0 Å². The van der Waals surface area contributed by atoms with Gasteiger partial charge in [-0.2, -0.15) is 0 Å². The molecule has 2 aromatic heterocycles. The van der Waals surface area contributed by atoms with E-state index in [-0.39, 0.29) is 23.4 Å². The SMILES string of the molecule is Nc1ncnc2c1nc(Sc1cc(O)c(O)cc1Br)n2CCC1CCN(C(=O)C2CCCN2)CC1. The standard InChI is InChI=1S/C23H28BrN7O3S/c24-14-10-16(32)17(33)11-18(14)35-23-29-19-20(25)27-12-28-21(19)31(23)9-5-13-3-7-30(8-4-13)22(34)15-2-1-6-26-15/h10-13,15,26,32-33H,1-9H2,(H2,25,27,28). The molecule has 1 atom stereocenters. The van der Waals surface area contributed by atoms with E-state index in [4.69, 9.17) is 10.7 Å². The number of fused-ring (bicyclic) bond motifs is 1. The smallest absolute Gasteiger partial charge is 0.239 e. The molecule has 0 aliphatic carbocycles. The van der Waals surface area contributed by atoms with Crippen molar-refractivity contribution < 1.29 is 15.0 Å². The number of aromatic nitrogens is 4. The zero-order valence-corrected chi connectivity index (χ0v) is 21.6. The molecule has 2 fully saturated rings. The van der Waals surface area contributed by atoms with Crippen LogP contribution in [0.4, 0.5) is 5.82 Å². The van der Waals surface area contributed by atoms with Gasteiger partial charge in [0.1, 0.15) is 6.33 Å². The molecule has 5 rings (SSSR count). The zero-order valence-electron chi connectivity index (χ0n) is 19.2. The van der Waals surface area contributed by atoms with Crippen molar-refractivity contribution in [3.8, 4) is 11.5 Å². The summed E-state index contributed by atoms with van der Waals surface area (Å²) in [6.45, 7) is 3.21. The van der Waals surface area contributed by atoms with Gasteiger partial charge in [-0.05, 0) is 72.6 Å². The Morgan fingerprint density at radius 3 is 2.71 bits per heavy atom. The minimum Gasteiger partial charge on any atom is -0.504 e. The molecule has 12 heteroatoms. The summed E-state index contributed by atoms with van der Waals surface area (Å²) >= 11 is 4.80. The monoisotopic (exact) mass is 561 g/mol. The van der Waals surface area contributed by atoms with E-state index < -0.39 is 0 Å². The maximum Gasteiger partial charge on any atom is 0.239 e. The van der Waals surface area contributed by atoms with Gasteiger partial charge in [0.2, 0.25) is 5.91 Å². The highest BCUT2D eigenvalue weighted by molar-refractivity contribution is 9.10. The maximum atomic E-state index is 12.7. The van der Waals surface area contributed by atoms with Crippen LogP contribution in [0.1, 0.15) is 32.1 Å². The average molecular weight is 562 g/mol. The van der Waals surface area contributed by atoms with Gasteiger partial charge in [0.05, 0.1) is 6.04 Å². The van der Waals surface area contributed by atoms with E-state index in [1.165, 1.54) is 30.2 Å². The molecule has 4 heterocycles. The summed E-state index contributed by atoms with van der Waals surface area (Å²) in [6.07, 6.45) is 6.32. The number of amides is 1. The zero-order chi connectivity index (χ0) is 24.5. The van der Waals surface area contributed by atoms with E-state index in [2.05, 4.69) is 31.2 Å². The van der Waals surface area contributed by atoms with Crippen molar-refractivity contribution in [2.75, 3.05) is 25.4 Å². The van der Waals surface area contributed by atoms with E-state index in [9.17, 15) is 15.0 Å². The molecule has 35 heavy (non-hydrogen) atoms. The number of carbonyl (C=O) groups excluding carboxylic acids is 1. The number of nitrogens with zero attached hydrogens (tertiary/aromatic N) is 5. The molecule has 0 spiro atoms. The highest BCUT2D eigenvalue weighted by atomic mass is 79.9. The number of rotatable bonds is 6. The summed E-state index contributed by atoms with van der Waals surface area (Å²) in [6, 6.07) is 2.94. The first kappa shape index (κ1) is 24.1. The lowest BCUT2D eigenvalue weighted by Crippen LogP contribution is -2.47. The van der Waals surface area contributed by atoms with E-state index in [1.54, 1.807) is 0 Å². The molecule has 3 aromatic rings. The Morgan fingerprint density at radius 1 is 1.20 bits per heavy atom. The summed E-state index contributed by atoms with van der Waals surface area (Å²) in [5.74, 6) is 0.658. The number of phenolic OH excluding ortho intramolecular Hbond substituents is 2. The molecular weight excluding hydrogens is 534 g/mol. The molecule has 0 saturated carbocycles. The normalized spacial score (nSPS) is 19.0. The number of halogens is 1. The number of benzene rings is 1. The van der Waals surface area contributed by atoms with Crippen molar-refractivity contribution in [3.05, 3.63) is 22.9 Å². The van der Waals surface area contributed by atoms with Crippen LogP contribution in [0.2, 0.25) is 0 Å². The molecule has 1 unspecified atom stereocenters. The number of imidazole rings is 1. The number of phenols is 2. The van der Waals surface area contributed by atoms with E-state index in [0.29, 0.717) is 44.0 Å². The lowest BCUT2D eigenvalue weighted by Gasteiger charge is -2.33. The number of nitrogens with two attached hydrogens (primary N) is 1. The minimum absolute atomic E-state index is 0.00718. The second kappa shape index (κ2) is 10.2. The quantitative estimate of drug-likeness (QED) is 0.334. The van der Waals surface area contributed by atoms with Crippen molar-refractivity contribution in [1.82, 2.24) is 29.7 Å². The van der Waals surface area contributed by atoms with Crippen molar-refractivity contribution in [2.24, 2.45) is 5.92 Å². The predicted octanol–water partition coefficient (Wildman–Crippen LogP) is 3.11. The first-order valence-electron chi connectivity index (χ1n) is 11.8. The van der Waals surface area contributed by atoms with Crippen molar-refractivity contribution in [2.45, 2.75) is 54.7 Å². The molecule has 2 aliphatic heterocycles. The number of hydrogen-bond acceptors (Lipinski definition) is 9. The van der Waals surface area contributed by atoms with Gasteiger partial charge < -0.3 is 30.7 Å². The maximum absolute atomic E-state index is 12.7. The Kier molecular flexibility index (Phi) is 7.03. The van der Waals surface area contributed by atoms with Crippen molar-refractivity contribution in [1.29, 1.82) is 0 Å². The minimum atomic E-state index is -0.202. The van der Waals surface area contributed by atoms with Gasteiger partial charge >= 0.3 is 0 Å². The number of carbonyl (C=O) groups is 1. The molecule has 186 valence electrons. The number of nitrogens with one attached hydrogen (secondary N) is 1. The number of aromatic hydroxyl groups is 2. The van der Waals surface area contributed by atoms with Crippen LogP contribution in [0, 0.1) is 5.92 Å². The molecule has 1 amide bonds. The Labute approximate surface area is 215 Å². The third kappa shape index (κ3) is 5.05. The fourth-order valence-electron chi connectivity index (χ4n) is 4.79. The van der Waals surface area contributed by atoms with Crippen LogP contribution < -0.4 is 11.1 Å². The van der Waals surface area contributed by atoms with Crippen LogP contribution in [-0.4, -0.2) is 66.2 Å². The molecule has 10 nitrogen and oxygen atoms in total. The Bertz CT molecular complexity index is 1240. The van der Waals surface area contributed by atoms with Crippen LogP contribution in [0.15, 0.2) is 33.0 Å². The Hall–Kier alpha value is -2.57. The second-order valence-corrected chi connectivity index (χ2v) is 10.9. The van der Waals surface area contributed by atoms with Crippen LogP contribution in [-0.2, 0) is 11.3 Å². The lowest BCUT2D eigenvalue weighted by molar-refractivity contribution is -0.134. The van der Waals surface area contributed by atoms with Gasteiger partial charge in [-0.1, -0.05) is 11.8 Å². The van der Waals surface area contributed by atoms with Crippen molar-refractivity contribution in [3.63, 3.8) is 0 Å². The number of aryl methyl sites for hydroxylation is 1. The third-order valence-electron chi connectivity index (χ3n) is 6.80. The number of hydrogen-bond donors (Lipinski definition) is 4. The summed E-state index contributed by atoms with van der Waals surface area (Å²) in [5.41, 5.74) is 7.29. The highest BCUT2D eigenvalue weighted by Gasteiger charge is 2.30. The van der Waals surface area contributed by atoms with Crippen molar-refractivity contribution >= 4 is 50.6 Å². The molecule has 2 saturated heterocycles. The summed E-state index contributed by atoms with van der Waals surface area (Å²) in [5, 5.41) is 23.7. The Balaban J connectivity index is 1.30. The topological polar surface area (TPSA) is 142 Å². The number of anilines is 1. The second-order valence-electron chi connectivity index (χ2n) is 9.06. The summed E-state index contributed by atoms with van der Waals surface area (Å²) in [4.78, 5) is 28.6. The number of nitrogen functional groups attached to an aromatic ring is 1. The highest BCUT2D eigenvalue weighted by Crippen LogP contribution is 2.40. The summed E-state index contributed by atoms with van der Waals surface area (Å²) < 4.78 is 2.68. The van der Waals surface area contributed by atoms with Crippen LogP contribution in [0.25, 0.3) is 11.2 Å². The third-order valence-corrected chi connectivity index (χ3v) is 8.77. The average Bonchev–Trinajstić information content (AvgIpc) is 3.50. The molecule has 5 N–H and O–H groups in total.